The number of ether oxygens (including phenoxy) is 1. The molecule has 6 nitrogen and oxygen atoms in total. The van der Waals surface area contributed by atoms with Crippen LogP contribution in [0.1, 0.15) is 44.1 Å². The molecule has 3 aliphatic heterocycles. The van der Waals surface area contributed by atoms with E-state index >= 15 is 0 Å². The summed E-state index contributed by atoms with van der Waals surface area (Å²) in [6.07, 6.45) is 7.52. The van der Waals surface area contributed by atoms with Gasteiger partial charge in [-0.05, 0) is 63.2 Å². The molecule has 1 aromatic carbocycles. The van der Waals surface area contributed by atoms with Crippen LogP contribution < -0.4 is 0 Å². The zero-order chi connectivity index (χ0) is 22.0. The number of hydrogen-bond donors (Lipinski definition) is 0. The molecule has 0 atom stereocenters. The van der Waals surface area contributed by atoms with Crippen molar-refractivity contribution in [1.82, 2.24) is 19.6 Å². The van der Waals surface area contributed by atoms with Crippen molar-refractivity contribution in [1.29, 1.82) is 0 Å². The van der Waals surface area contributed by atoms with Crippen molar-refractivity contribution in [2.75, 3.05) is 72.0 Å². The van der Waals surface area contributed by atoms with E-state index in [-0.39, 0.29) is 6.09 Å². The van der Waals surface area contributed by atoms with Crippen LogP contribution >= 0.6 is 0 Å². The normalized spacial score (nSPS) is 22.2. The SMILES string of the molecule is O=C(OCc1ccccc1)N1CCC(CCN2CCN(CCN3CCCCC3)CC2)CC1. The van der Waals surface area contributed by atoms with E-state index in [2.05, 4.69) is 14.7 Å². The molecule has 0 unspecified atom stereocenters. The predicted molar refractivity (Wildman–Crippen MR) is 129 cm³/mol. The summed E-state index contributed by atoms with van der Waals surface area (Å²) in [6, 6.07) is 9.92. The number of likely N-dealkylation sites (tertiary alicyclic amines) is 2. The Balaban J connectivity index is 1.05. The third kappa shape index (κ3) is 7.46. The average Bonchev–Trinajstić information content (AvgIpc) is 2.87. The Morgan fingerprint density at radius 3 is 2.00 bits per heavy atom. The van der Waals surface area contributed by atoms with Crippen molar-refractivity contribution in [3.63, 3.8) is 0 Å². The number of carbonyl (C=O) groups excluding carboxylic acids is 1. The van der Waals surface area contributed by atoms with Crippen molar-refractivity contribution in [2.45, 2.75) is 45.1 Å². The minimum Gasteiger partial charge on any atom is -0.445 e. The molecule has 0 aliphatic carbocycles. The average molecular weight is 443 g/mol. The van der Waals surface area contributed by atoms with Gasteiger partial charge in [0.2, 0.25) is 0 Å². The topological polar surface area (TPSA) is 39.3 Å². The highest BCUT2D eigenvalue weighted by Gasteiger charge is 2.25. The summed E-state index contributed by atoms with van der Waals surface area (Å²) in [5.74, 6) is 0.741. The Morgan fingerprint density at radius 2 is 1.34 bits per heavy atom. The molecule has 3 saturated heterocycles. The molecule has 3 aliphatic rings. The van der Waals surface area contributed by atoms with E-state index in [9.17, 15) is 4.79 Å². The molecule has 3 fully saturated rings. The smallest absolute Gasteiger partial charge is 0.410 e. The van der Waals surface area contributed by atoms with E-state index in [1.807, 2.05) is 35.2 Å². The lowest BCUT2D eigenvalue weighted by molar-refractivity contribution is 0.0771. The molecule has 1 aromatic rings. The molecule has 0 aromatic heterocycles. The fraction of sp³-hybridized carbons (Fsp3) is 0.731. The molecule has 1 amide bonds. The van der Waals surface area contributed by atoms with Crippen LogP contribution in [0.4, 0.5) is 4.79 Å². The van der Waals surface area contributed by atoms with Gasteiger partial charge in [0.1, 0.15) is 6.61 Å². The molecular weight excluding hydrogens is 400 g/mol. The zero-order valence-corrected chi connectivity index (χ0v) is 19.8. The van der Waals surface area contributed by atoms with Crippen molar-refractivity contribution < 1.29 is 9.53 Å². The largest absolute Gasteiger partial charge is 0.445 e. The molecule has 32 heavy (non-hydrogen) atoms. The number of carbonyl (C=O) groups is 1. The lowest BCUT2D eigenvalue weighted by Crippen LogP contribution is -2.49. The number of hydrogen-bond acceptors (Lipinski definition) is 5. The number of nitrogens with zero attached hydrogens (tertiary/aromatic N) is 4. The van der Waals surface area contributed by atoms with Crippen molar-refractivity contribution in [3.8, 4) is 0 Å². The Hall–Kier alpha value is -1.63. The zero-order valence-electron chi connectivity index (χ0n) is 19.8. The first kappa shape index (κ1) is 23.5. The van der Waals surface area contributed by atoms with Crippen LogP contribution in [-0.2, 0) is 11.3 Å². The summed E-state index contributed by atoms with van der Waals surface area (Å²) in [6.45, 7) is 13.2. The number of amides is 1. The van der Waals surface area contributed by atoms with Gasteiger partial charge in [-0.15, -0.1) is 0 Å². The van der Waals surface area contributed by atoms with Crippen LogP contribution in [0.25, 0.3) is 0 Å². The number of piperidine rings is 2. The van der Waals surface area contributed by atoms with Gasteiger partial charge in [0, 0.05) is 52.4 Å². The highest BCUT2D eigenvalue weighted by Crippen LogP contribution is 2.22. The summed E-state index contributed by atoms with van der Waals surface area (Å²) in [5.41, 5.74) is 1.04. The van der Waals surface area contributed by atoms with Crippen molar-refractivity contribution in [2.24, 2.45) is 5.92 Å². The fourth-order valence-electron chi connectivity index (χ4n) is 5.28. The second kappa shape index (κ2) is 12.6. The van der Waals surface area contributed by atoms with E-state index in [1.54, 1.807) is 0 Å². The molecular formula is C26H42N4O2. The lowest BCUT2D eigenvalue weighted by Gasteiger charge is -2.37. The van der Waals surface area contributed by atoms with E-state index in [1.165, 1.54) is 84.6 Å². The summed E-state index contributed by atoms with van der Waals surface area (Å²) in [7, 11) is 0. The summed E-state index contributed by atoms with van der Waals surface area (Å²) >= 11 is 0. The lowest BCUT2D eigenvalue weighted by atomic mass is 9.93. The standard InChI is InChI=1S/C26H42N4O2/c31-26(32-23-25-7-3-1-4-8-25)30-15-10-24(11-16-30)9-14-28-18-21-29(22-19-28)20-17-27-12-5-2-6-13-27/h1,3-4,7-8,24H,2,5-6,9-23H2. The maximum atomic E-state index is 12.4. The summed E-state index contributed by atoms with van der Waals surface area (Å²) in [5, 5.41) is 0. The first-order valence-corrected chi connectivity index (χ1v) is 12.9. The maximum absolute atomic E-state index is 12.4. The molecule has 0 N–H and O–H groups in total. The highest BCUT2D eigenvalue weighted by atomic mass is 16.6. The minimum atomic E-state index is -0.159. The third-order valence-corrected chi connectivity index (χ3v) is 7.58. The van der Waals surface area contributed by atoms with Crippen molar-refractivity contribution in [3.05, 3.63) is 35.9 Å². The molecule has 0 saturated carbocycles. The Bertz CT molecular complexity index is 664. The van der Waals surface area contributed by atoms with E-state index in [0.717, 1.165) is 37.4 Å². The van der Waals surface area contributed by atoms with Gasteiger partial charge in [0.25, 0.3) is 0 Å². The fourth-order valence-corrected chi connectivity index (χ4v) is 5.28. The predicted octanol–water partition coefficient (Wildman–Crippen LogP) is 3.53. The van der Waals surface area contributed by atoms with Gasteiger partial charge in [-0.2, -0.15) is 0 Å². The van der Waals surface area contributed by atoms with Gasteiger partial charge in [-0.25, -0.2) is 4.79 Å². The summed E-state index contributed by atoms with van der Waals surface area (Å²) < 4.78 is 5.50. The number of rotatable bonds is 8. The van der Waals surface area contributed by atoms with Crippen LogP contribution in [0.5, 0.6) is 0 Å². The van der Waals surface area contributed by atoms with Crippen molar-refractivity contribution >= 4 is 6.09 Å². The van der Waals surface area contributed by atoms with Gasteiger partial charge in [0.15, 0.2) is 0 Å². The van der Waals surface area contributed by atoms with Gasteiger partial charge in [-0.3, -0.25) is 4.90 Å². The monoisotopic (exact) mass is 442 g/mol. The number of benzene rings is 1. The van der Waals surface area contributed by atoms with Crippen LogP contribution in [0.3, 0.4) is 0 Å². The second-order valence-electron chi connectivity index (χ2n) is 9.84. The highest BCUT2D eigenvalue weighted by molar-refractivity contribution is 5.67. The number of piperazine rings is 1. The Morgan fingerprint density at radius 1 is 0.750 bits per heavy atom. The summed E-state index contributed by atoms with van der Waals surface area (Å²) in [4.78, 5) is 22.2. The molecule has 3 heterocycles. The van der Waals surface area contributed by atoms with Crippen LogP contribution in [0, 0.1) is 5.92 Å². The van der Waals surface area contributed by atoms with Gasteiger partial charge < -0.3 is 19.4 Å². The van der Waals surface area contributed by atoms with Gasteiger partial charge in [0.05, 0.1) is 0 Å². The molecule has 0 bridgehead atoms. The Kier molecular flexibility index (Phi) is 9.24. The van der Waals surface area contributed by atoms with Crippen LogP contribution in [0.15, 0.2) is 30.3 Å². The van der Waals surface area contributed by atoms with E-state index in [4.69, 9.17) is 4.74 Å². The molecule has 6 heteroatoms. The van der Waals surface area contributed by atoms with E-state index in [0.29, 0.717) is 6.61 Å². The second-order valence-corrected chi connectivity index (χ2v) is 9.84. The van der Waals surface area contributed by atoms with Gasteiger partial charge in [-0.1, -0.05) is 36.8 Å². The minimum absolute atomic E-state index is 0.159. The molecule has 0 radical (unpaired) electrons. The quantitative estimate of drug-likeness (QED) is 0.616. The molecule has 178 valence electrons. The Labute approximate surface area is 194 Å². The van der Waals surface area contributed by atoms with Crippen LogP contribution in [0.2, 0.25) is 0 Å². The van der Waals surface area contributed by atoms with E-state index < -0.39 is 0 Å². The first-order valence-electron chi connectivity index (χ1n) is 12.9. The van der Waals surface area contributed by atoms with Crippen LogP contribution in [-0.4, -0.2) is 97.7 Å². The molecule has 4 rings (SSSR count). The molecule has 0 spiro atoms. The maximum Gasteiger partial charge on any atom is 0.410 e. The third-order valence-electron chi connectivity index (χ3n) is 7.58. The van der Waals surface area contributed by atoms with Gasteiger partial charge >= 0.3 is 6.09 Å². The first-order chi connectivity index (χ1) is 15.8.